The zero-order chi connectivity index (χ0) is 16.9. The molecule has 2 aromatic carbocycles. The summed E-state index contributed by atoms with van der Waals surface area (Å²) in [6.45, 7) is 4.69. The first-order valence-electron chi connectivity index (χ1n) is 7.79. The number of hydrogen-bond donors (Lipinski definition) is 1. The van der Waals surface area contributed by atoms with E-state index in [-0.39, 0.29) is 0 Å². The van der Waals surface area contributed by atoms with Crippen molar-refractivity contribution >= 4 is 11.8 Å². The first-order chi connectivity index (χ1) is 11.7. The molecule has 3 aromatic rings. The molecule has 0 spiro atoms. The summed E-state index contributed by atoms with van der Waals surface area (Å²) in [5.74, 6) is 8.45. The summed E-state index contributed by atoms with van der Waals surface area (Å²) >= 11 is 1.58. The minimum atomic E-state index is 0.643. The van der Waals surface area contributed by atoms with Crippen molar-refractivity contribution in [2.45, 2.75) is 24.8 Å². The molecule has 24 heavy (non-hydrogen) atoms. The number of nitrogens with zero attached hydrogens (tertiary/aromatic N) is 3. The molecule has 3 rings (SSSR count). The van der Waals surface area contributed by atoms with E-state index in [2.05, 4.69) is 41.4 Å². The Kier molecular flexibility index (Phi) is 5.05. The van der Waals surface area contributed by atoms with Crippen molar-refractivity contribution in [1.29, 1.82) is 0 Å². The van der Waals surface area contributed by atoms with Gasteiger partial charge in [-0.15, -0.1) is 10.2 Å². The van der Waals surface area contributed by atoms with E-state index in [4.69, 9.17) is 10.6 Å². The van der Waals surface area contributed by atoms with Crippen LogP contribution in [-0.2, 0) is 5.75 Å². The van der Waals surface area contributed by atoms with Crippen molar-refractivity contribution in [3.8, 4) is 17.1 Å². The van der Waals surface area contributed by atoms with Gasteiger partial charge in [0.15, 0.2) is 5.82 Å². The molecule has 1 aromatic heterocycles. The predicted molar refractivity (Wildman–Crippen MR) is 97.5 cm³/mol. The molecular weight excluding hydrogens is 320 g/mol. The van der Waals surface area contributed by atoms with Crippen molar-refractivity contribution in [1.82, 2.24) is 14.9 Å². The molecular formula is C18H20N4OS. The molecule has 1 heterocycles. The van der Waals surface area contributed by atoms with Gasteiger partial charge in [0, 0.05) is 11.3 Å². The van der Waals surface area contributed by atoms with Crippen LogP contribution >= 0.6 is 11.8 Å². The second kappa shape index (κ2) is 7.40. The van der Waals surface area contributed by atoms with Gasteiger partial charge in [-0.25, -0.2) is 4.68 Å². The van der Waals surface area contributed by atoms with Gasteiger partial charge in [0.2, 0.25) is 5.16 Å². The fourth-order valence-electron chi connectivity index (χ4n) is 2.39. The number of rotatable bonds is 6. The van der Waals surface area contributed by atoms with Crippen molar-refractivity contribution in [3.05, 3.63) is 59.7 Å². The van der Waals surface area contributed by atoms with Crippen LogP contribution in [0.3, 0.4) is 0 Å². The summed E-state index contributed by atoms with van der Waals surface area (Å²) in [5.41, 5.74) is 3.40. The lowest BCUT2D eigenvalue weighted by atomic mass is 10.2. The van der Waals surface area contributed by atoms with E-state index in [9.17, 15) is 0 Å². The van der Waals surface area contributed by atoms with Crippen LogP contribution in [0, 0.1) is 6.92 Å². The molecule has 0 aliphatic rings. The zero-order valence-electron chi connectivity index (χ0n) is 13.8. The first-order valence-corrected chi connectivity index (χ1v) is 8.78. The number of nitrogens with two attached hydrogens (primary N) is 1. The second-order valence-electron chi connectivity index (χ2n) is 5.41. The summed E-state index contributed by atoms with van der Waals surface area (Å²) in [6.07, 6.45) is 0. The van der Waals surface area contributed by atoms with Crippen LogP contribution in [0.4, 0.5) is 0 Å². The van der Waals surface area contributed by atoms with Crippen LogP contribution in [-0.4, -0.2) is 21.5 Å². The molecule has 0 atom stereocenters. The maximum Gasteiger partial charge on any atom is 0.210 e. The van der Waals surface area contributed by atoms with Crippen LogP contribution in [0.15, 0.2) is 53.7 Å². The lowest BCUT2D eigenvalue weighted by Crippen LogP contribution is -2.11. The van der Waals surface area contributed by atoms with Crippen LogP contribution in [0.25, 0.3) is 11.4 Å². The summed E-state index contributed by atoms with van der Waals surface area (Å²) in [6, 6.07) is 16.1. The predicted octanol–water partition coefficient (Wildman–Crippen LogP) is 3.66. The largest absolute Gasteiger partial charge is 0.494 e. The Bertz CT molecular complexity index is 814. The highest BCUT2D eigenvalue weighted by Crippen LogP contribution is 2.25. The summed E-state index contributed by atoms with van der Waals surface area (Å²) < 4.78 is 6.99. The van der Waals surface area contributed by atoms with E-state index in [1.807, 2.05) is 31.2 Å². The zero-order valence-corrected chi connectivity index (χ0v) is 14.6. The van der Waals surface area contributed by atoms with Crippen molar-refractivity contribution in [2.75, 3.05) is 12.4 Å². The Morgan fingerprint density at radius 2 is 1.92 bits per heavy atom. The quantitative estimate of drug-likeness (QED) is 0.548. The minimum absolute atomic E-state index is 0.643. The van der Waals surface area contributed by atoms with Crippen LogP contribution < -0.4 is 10.6 Å². The van der Waals surface area contributed by atoms with Crippen LogP contribution in [0.2, 0.25) is 0 Å². The molecule has 6 heteroatoms. The average molecular weight is 340 g/mol. The normalized spacial score (nSPS) is 10.8. The van der Waals surface area contributed by atoms with Crippen LogP contribution in [0.1, 0.15) is 18.1 Å². The topological polar surface area (TPSA) is 66.0 Å². The molecule has 0 amide bonds. The molecule has 2 N–H and O–H groups in total. The number of benzene rings is 2. The fraction of sp³-hybridized carbons (Fsp3) is 0.222. The molecule has 0 fully saturated rings. The van der Waals surface area contributed by atoms with Gasteiger partial charge in [-0.2, -0.15) is 0 Å². The number of aromatic nitrogens is 3. The number of hydrogen-bond acceptors (Lipinski definition) is 5. The summed E-state index contributed by atoms with van der Waals surface area (Å²) in [5, 5.41) is 9.12. The summed E-state index contributed by atoms with van der Waals surface area (Å²) in [4.78, 5) is 0. The number of nitrogen functional groups attached to an aromatic ring is 1. The van der Waals surface area contributed by atoms with Gasteiger partial charge in [-0.1, -0.05) is 41.6 Å². The lowest BCUT2D eigenvalue weighted by Gasteiger charge is -2.06. The van der Waals surface area contributed by atoms with Crippen molar-refractivity contribution < 1.29 is 4.74 Å². The molecule has 0 radical (unpaired) electrons. The van der Waals surface area contributed by atoms with Gasteiger partial charge in [0.05, 0.1) is 6.61 Å². The van der Waals surface area contributed by atoms with Crippen molar-refractivity contribution in [3.63, 3.8) is 0 Å². The van der Waals surface area contributed by atoms with E-state index in [1.165, 1.54) is 15.8 Å². The Hall–Kier alpha value is -2.47. The lowest BCUT2D eigenvalue weighted by molar-refractivity contribution is 0.340. The van der Waals surface area contributed by atoms with Gasteiger partial charge in [0.1, 0.15) is 5.75 Å². The smallest absolute Gasteiger partial charge is 0.210 e. The van der Waals surface area contributed by atoms with Gasteiger partial charge in [-0.3, -0.25) is 0 Å². The van der Waals surface area contributed by atoms with E-state index >= 15 is 0 Å². The first kappa shape index (κ1) is 16.4. The highest BCUT2D eigenvalue weighted by Gasteiger charge is 2.12. The van der Waals surface area contributed by atoms with Gasteiger partial charge in [0.25, 0.3) is 0 Å². The molecule has 0 aliphatic carbocycles. The maximum absolute atomic E-state index is 6.17. The molecule has 0 bridgehead atoms. The standard InChI is InChI=1S/C18H20N4OS/c1-3-23-16-9-7-15(8-10-16)17-20-21-18(22(17)19)24-12-14-6-4-5-13(2)11-14/h4-11H,3,12,19H2,1-2H3. The highest BCUT2D eigenvalue weighted by molar-refractivity contribution is 7.98. The molecule has 124 valence electrons. The average Bonchev–Trinajstić information content (AvgIpc) is 2.95. The SMILES string of the molecule is CCOc1ccc(-c2nnc(SCc3cccc(C)c3)n2N)cc1. The molecule has 0 saturated carbocycles. The molecule has 5 nitrogen and oxygen atoms in total. The maximum atomic E-state index is 6.17. The third kappa shape index (κ3) is 3.71. The number of aryl methyl sites for hydroxylation is 1. The molecule has 0 unspecified atom stereocenters. The monoisotopic (exact) mass is 340 g/mol. The third-order valence-corrected chi connectivity index (χ3v) is 4.55. The Morgan fingerprint density at radius 1 is 1.12 bits per heavy atom. The fourth-order valence-corrected chi connectivity index (χ4v) is 3.19. The van der Waals surface area contributed by atoms with Gasteiger partial charge in [-0.05, 0) is 43.7 Å². The third-order valence-electron chi connectivity index (χ3n) is 3.54. The molecule has 0 saturated heterocycles. The highest BCUT2D eigenvalue weighted by atomic mass is 32.2. The Balaban J connectivity index is 1.73. The van der Waals surface area contributed by atoms with E-state index < -0.39 is 0 Å². The minimum Gasteiger partial charge on any atom is -0.494 e. The Labute approximate surface area is 145 Å². The number of thioether (sulfide) groups is 1. The van der Waals surface area contributed by atoms with Gasteiger partial charge >= 0.3 is 0 Å². The number of ether oxygens (including phenoxy) is 1. The van der Waals surface area contributed by atoms with E-state index in [0.717, 1.165) is 17.1 Å². The Morgan fingerprint density at radius 3 is 2.62 bits per heavy atom. The van der Waals surface area contributed by atoms with E-state index in [0.29, 0.717) is 17.6 Å². The van der Waals surface area contributed by atoms with Crippen molar-refractivity contribution in [2.24, 2.45) is 0 Å². The van der Waals surface area contributed by atoms with Crippen LogP contribution in [0.5, 0.6) is 5.75 Å². The molecule has 0 aliphatic heterocycles. The second-order valence-corrected chi connectivity index (χ2v) is 6.35. The van der Waals surface area contributed by atoms with Gasteiger partial charge < -0.3 is 10.6 Å². The summed E-state index contributed by atoms with van der Waals surface area (Å²) in [7, 11) is 0. The van der Waals surface area contributed by atoms with E-state index in [1.54, 1.807) is 11.8 Å².